The summed E-state index contributed by atoms with van der Waals surface area (Å²) in [4.78, 5) is 5.58. The predicted molar refractivity (Wildman–Crippen MR) is 95.5 cm³/mol. The van der Waals surface area contributed by atoms with E-state index in [0.717, 1.165) is 5.56 Å². The molecule has 0 saturated carbocycles. The Labute approximate surface area is 156 Å². The molecule has 0 radical (unpaired) electrons. The summed E-state index contributed by atoms with van der Waals surface area (Å²) >= 11 is 9.27. The molecule has 0 aliphatic carbocycles. The highest BCUT2D eigenvalue weighted by molar-refractivity contribution is 7.98. The van der Waals surface area contributed by atoms with Gasteiger partial charge in [0.2, 0.25) is 16.9 Å². The first-order valence-corrected chi connectivity index (χ1v) is 9.53. The highest BCUT2D eigenvalue weighted by atomic mass is 35.5. The number of aromatic nitrogens is 6. The lowest BCUT2D eigenvalue weighted by molar-refractivity contribution is 0.391. The Hall–Kier alpha value is -2.23. The average molecular weight is 391 g/mol. The van der Waals surface area contributed by atoms with Crippen molar-refractivity contribution >= 4 is 34.7 Å². The van der Waals surface area contributed by atoms with Gasteiger partial charge in [0, 0.05) is 10.4 Å². The minimum absolute atomic E-state index is 0.472. The normalized spacial score (nSPS) is 11.1. The fourth-order valence-electron chi connectivity index (χ4n) is 2.14. The molecule has 0 spiro atoms. The SMILES string of the molecule is Clc1ccccc1-c1noc(CSc2nnnn2Cc2cccs2)n1. The van der Waals surface area contributed by atoms with E-state index in [4.69, 9.17) is 16.1 Å². The van der Waals surface area contributed by atoms with Crippen molar-refractivity contribution in [1.29, 1.82) is 0 Å². The van der Waals surface area contributed by atoms with Crippen LogP contribution in [-0.4, -0.2) is 30.3 Å². The van der Waals surface area contributed by atoms with Crippen molar-refractivity contribution in [3.05, 3.63) is 57.6 Å². The Kier molecular flexibility index (Phi) is 4.77. The van der Waals surface area contributed by atoms with Gasteiger partial charge < -0.3 is 4.52 Å². The zero-order valence-corrected chi connectivity index (χ0v) is 15.1. The molecule has 0 fully saturated rings. The highest BCUT2D eigenvalue weighted by Crippen LogP contribution is 2.26. The van der Waals surface area contributed by atoms with Gasteiger partial charge in [-0.25, -0.2) is 4.68 Å². The molecule has 0 unspecified atom stereocenters. The van der Waals surface area contributed by atoms with E-state index in [9.17, 15) is 0 Å². The molecule has 0 saturated heterocycles. The van der Waals surface area contributed by atoms with Crippen molar-refractivity contribution in [3.8, 4) is 11.4 Å². The summed E-state index contributed by atoms with van der Waals surface area (Å²) in [5, 5.41) is 19.1. The molecule has 0 amide bonds. The summed E-state index contributed by atoms with van der Waals surface area (Å²) in [6.07, 6.45) is 0. The van der Waals surface area contributed by atoms with Crippen LogP contribution in [0.4, 0.5) is 0 Å². The van der Waals surface area contributed by atoms with Crippen LogP contribution in [0.5, 0.6) is 0 Å². The van der Waals surface area contributed by atoms with Crippen molar-refractivity contribution in [3.63, 3.8) is 0 Å². The van der Waals surface area contributed by atoms with Crippen molar-refractivity contribution in [1.82, 2.24) is 30.3 Å². The van der Waals surface area contributed by atoms with Gasteiger partial charge in [0.1, 0.15) is 0 Å². The molecule has 3 heterocycles. The lowest BCUT2D eigenvalue weighted by atomic mass is 10.2. The van der Waals surface area contributed by atoms with Crippen LogP contribution in [-0.2, 0) is 12.3 Å². The molecule has 0 atom stereocenters. The van der Waals surface area contributed by atoms with Gasteiger partial charge in [0.05, 0.1) is 17.3 Å². The van der Waals surface area contributed by atoms with Gasteiger partial charge in [0.25, 0.3) is 0 Å². The Balaban J connectivity index is 1.45. The number of hydrogen-bond acceptors (Lipinski definition) is 8. The van der Waals surface area contributed by atoms with E-state index in [-0.39, 0.29) is 0 Å². The van der Waals surface area contributed by atoms with E-state index in [1.54, 1.807) is 22.1 Å². The van der Waals surface area contributed by atoms with Crippen molar-refractivity contribution in [2.24, 2.45) is 0 Å². The number of benzene rings is 1. The smallest absolute Gasteiger partial charge is 0.237 e. The standard InChI is InChI=1S/C15H11ClN6OS2/c16-12-6-2-1-5-11(12)14-17-13(23-19-14)9-25-15-18-20-21-22(15)8-10-4-3-7-24-10/h1-7H,8-9H2. The summed E-state index contributed by atoms with van der Waals surface area (Å²) in [6, 6.07) is 11.4. The van der Waals surface area contributed by atoms with Gasteiger partial charge in [-0.05, 0) is 34.0 Å². The van der Waals surface area contributed by atoms with Gasteiger partial charge in [-0.2, -0.15) is 4.98 Å². The molecular weight excluding hydrogens is 380 g/mol. The van der Waals surface area contributed by atoms with Crippen molar-refractivity contribution < 1.29 is 4.52 Å². The van der Waals surface area contributed by atoms with Gasteiger partial charge >= 0.3 is 0 Å². The van der Waals surface area contributed by atoms with E-state index < -0.39 is 0 Å². The number of rotatable bonds is 6. The van der Waals surface area contributed by atoms with E-state index in [1.807, 2.05) is 29.6 Å². The predicted octanol–water partition coefficient (Wildman–Crippen LogP) is 3.78. The van der Waals surface area contributed by atoms with Crippen LogP contribution >= 0.6 is 34.7 Å². The van der Waals surface area contributed by atoms with Gasteiger partial charge in [0.15, 0.2) is 0 Å². The van der Waals surface area contributed by atoms with Crippen LogP contribution in [0.1, 0.15) is 10.8 Å². The molecule has 25 heavy (non-hydrogen) atoms. The van der Waals surface area contributed by atoms with E-state index in [1.165, 1.54) is 16.6 Å². The average Bonchev–Trinajstić information content (AvgIpc) is 3.36. The number of nitrogens with zero attached hydrogens (tertiary/aromatic N) is 6. The number of hydrogen-bond donors (Lipinski definition) is 0. The van der Waals surface area contributed by atoms with Crippen LogP contribution in [0.2, 0.25) is 5.02 Å². The minimum atomic E-state index is 0.472. The number of thioether (sulfide) groups is 1. The molecule has 1 aromatic carbocycles. The maximum absolute atomic E-state index is 6.16. The van der Waals surface area contributed by atoms with E-state index in [0.29, 0.717) is 34.2 Å². The third-order valence-corrected chi connectivity index (χ3v) is 5.42. The minimum Gasteiger partial charge on any atom is -0.338 e. The fourth-order valence-corrected chi connectivity index (χ4v) is 3.76. The Bertz CT molecular complexity index is 968. The summed E-state index contributed by atoms with van der Waals surface area (Å²) in [6.45, 7) is 0.641. The summed E-state index contributed by atoms with van der Waals surface area (Å²) in [5.41, 5.74) is 0.742. The van der Waals surface area contributed by atoms with Gasteiger partial charge in [-0.3, -0.25) is 0 Å². The topological polar surface area (TPSA) is 82.5 Å². The Morgan fingerprint density at radius 2 is 2.12 bits per heavy atom. The first kappa shape index (κ1) is 16.2. The fraction of sp³-hybridized carbons (Fsp3) is 0.133. The molecule has 0 bridgehead atoms. The quantitative estimate of drug-likeness (QED) is 0.463. The molecule has 126 valence electrons. The Morgan fingerprint density at radius 3 is 2.96 bits per heavy atom. The summed E-state index contributed by atoms with van der Waals surface area (Å²) in [7, 11) is 0. The lowest BCUT2D eigenvalue weighted by Gasteiger charge is -2.00. The van der Waals surface area contributed by atoms with Gasteiger partial charge in [-0.1, -0.05) is 46.7 Å². The number of thiophene rings is 1. The van der Waals surface area contributed by atoms with Crippen molar-refractivity contribution in [2.75, 3.05) is 0 Å². The van der Waals surface area contributed by atoms with Crippen molar-refractivity contribution in [2.45, 2.75) is 17.5 Å². The maximum atomic E-state index is 6.16. The van der Waals surface area contributed by atoms with Gasteiger partial charge in [-0.15, -0.1) is 16.4 Å². The zero-order chi connectivity index (χ0) is 17.1. The molecule has 0 N–H and O–H groups in total. The molecular formula is C15H11ClN6OS2. The maximum Gasteiger partial charge on any atom is 0.237 e. The molecule has 0 aliphatic rings. The molecule has 4 aromatic rings. The summed E-state index contributed by atoms with van der Waals surface area (Å²) < 4.78 is 7.05. The monoisotopic (exact) mass is 390 g/mol. The van der Waals surface area contributed by atoms with Crippen LogP contribution in [0.15, 0.2) is 51.5 Å². The largest absolute Gasteiger partial charge is 0.338 e. The first-order chi connectivity index (χ1) is 12.3. The molecule has 0 aliphatic heterocycles. The summed E-state index contributed by atoms with van der Waals surface area (Å²) in [5.74, 6) is 1.44. The second-order valence-corrected chi connectivity index (χ2v) is 7.36. The van der Waals surface area contributed by atoms with Crippen LogP contribution in [0.25, 0.3) is 11.4 Å². The third kappa shape index (κ3) is 3.73. The number of tetrazole rings is 1. The van der Waals surface area contributed by atoms with E-state index >= 15 is 0 Å². The van der Waals surface area contributed by atoms with E-state index in [2.05, 4.69) is 31.7 Å². The Morgan fingerprint density at radius 1 is 1.20 bits per heavy atom. The first-order valence-electron chi connectivity index (χ1n) is 7.28. The zero-order valence-electron chi connectivity index (χ0n) is 12.7. The second-order valence-electron chi connectivity index (χ2n) is 4.98. The third-order valence-electron chi connectivity index (χ3n) is 3.29. The van der Waals surface area contributed by atoms with Crippen LogP contribution in [0.3, 0.4) is 0 Å². The van der Waals surface area contributed by atoms with Crippen LogP contribution in [0, 0.1) is 0 Å². The molecule has 3 aromatic heterocycles. The second kappa shape index (κ2) is 7.34. The molecule has 10 heteroatoms. The molecule has 7 nitrogen and oxygen atoms in total. The lowest BCUT2D eigenvalue weighted by Crippen LogP contribution is -2.02. The molecule has 4 rings (SSSR count). The van der Waals surface area contributed by atoms with Crippen LogP contribution < -0.4 is 0 Å². The highest BCUT2D eigenvalue weighted by Gasteiger charge is 2.14. The number of halogens is 1.